The lowest BCUT2D eigenvalue weighted by Gasteiger charge is -2.43. The van der Waals surface area contributed by atoms with Crippen molar-refractivity contribution in [2.45, 2.75) is 24.7 Å². The van der Waals surface area contributed by atoms with Crippen LogP contribution in [-0.4, -0.2) is 16.6 Å². The Morgan fingerprint density at radius 2 is 1.91 bits per heavy atom. The van der Waals surface area contributed by atoms with Crippen LogP contribution in [0, 0.1) is 27.3 Å². The standard InChI is InChI=1S/C23H16FN5O4/c24-12-4-9-17-15(10-12)23(22(31)27-17)16(11-25)21(26)28(18-2-1-3-19(30)20(18)23)13-5-7-14(8-6-13)29(32)33/h4-10H,1-3,26H2,(H,27,31). The summed E-state index contributed by atoms with van der Waals surface area (Å²) >= 11 is 0. The minimum Gasteiger partial charge on any atom is -0.384 e. The second-order valence-electron chi connectivity index (χ2n) is 7.97. The molecule has 1 atom stereocenters. The molecule has 10 heteroatoms. The summed E-state index contributed by atoms with van der Waals surface area (Å²) in [4.78, 5) is 38.7. The Morgan fingerprint density at radius 3 is 2.58 bits per heavy atom. The summed E-state index contributed by atoms with van der Waals surface area (Å²) in [7, 11) is 0. The van der Waals surface area contributed by atoms with Crippen molar-refractivity contribution in [3.8, 4) is 6.07 Å². The number of rotatable bonds is 2. The van der Waals surface area contributed by atoms with E-state index in [1.807, 2.05) is 6.07 Å². The van der Waals surface area contributed by atoms with Gasteiger partial charge in [-0.05, 0) is 43.2 Å². The molecule has 2 aromatic rings. The summed E-state index contributed by atoms with van der Waals surface area (Å²) in [6, 6.07) is 11.2. The van der Waals surface area contributed by atoms with E-state index in [9.17, 15) is 29.4 Å². The van der Waals surface area contributed by atoms with Crippen LogP contribution in [0.25, 0.3) is 0 Å². The van der Waals surface area contributed by atoms with Crippen LogP contribution in [-0.2, 0) is 15.0 Å². The number of carbonyl (C=O) groups is 2. The van der Waals surface area contributed by atoms with Gasteiger partial charge in [-0.3, -0.25) is 24.6 Å². The molecule has 2 heterocycles. The Kier molecular flexibility index (Phi) is 4.32. The zero-order chi connectivity index (χ0) is 23.5. The molecule has 2 aromatic carbocycles. The van der Waals surface area contributed by atoms with Gasteiger partial charge in [0.2, 0.25) is 5.91 Å². The number of nitro groups is 1. The first-order valence-corrected chi connectivity index (χ1v) is 10.1. The molecule has 0 fully saturated rings. The molecule has 1 amide bonds. The molecule has 33 heavy (non-hydrogen) atoms. The highest BCUT2D eigenvalue weighted by molar-refractivity contribution is 6.19. The highest BCUT2D eigenvalue weighted by Crippen LogP contribution is 2.55. The largest absolute Gasteiger partial charge is 0.384 e. The molecule has 1 spiro atoms. The fourth-order valence-electron chi connectivity index (χ4n) is 4.98. The third kappa shape index (κ3) is 2.62. The van der Waals surface area contributed by atoms with Gasteiger partial charge >= 0.3 is 0 Å². The van der Waals surface area contributed by atoms with Crippen molar-refractivity contribution >= 4 is 28.8 Å². The number of hydrogen-bond donors (Lipinski definition) is 2. The van der Waals surface area contributed by atoms with Crippen molar-refractivity contribution < 1.29 is 18.9 Å². The Balaban J connectivity index is 1.83. The monoisotopic (exact) mass is 445 g/mol. The number of Topliss-reactive ketones (excluding diaryl/α,β-unsaturated/α-hetero) is 1. The fraction of sp³-hybridized carbons (Fsp3) is 0.174. The first-order chi connectivity index (χ1) is 15.8. The third-order valence-corrected chi connectivity index (χ3v) is 6.31. The summed E-state index contributed by atoms with van der Waals surface area (Å²) in [5, 5.41) is 23.9. The molecular weight excluding hydrogens is 429 g/mol. The van der Waals surface area contributed by atoms with E-state index < -0.39 is 22.1 Å². The molecule has 1 unspecified atom stereocenters. The molecule has 164 valence electrons. The van der Waals surface area contributed by atoms with Crippen LogP contribution >= 0.6 is 0 Å². The second-order valence-corrected chi connectivity index (χ2v) is 7.97. The number of nitrogens with two attached hydrogens (primary N) is 1. The maximum Gasteiger partial charge on any atom is 0.269 e. The van der Waals surface area contributed by atoms with Crippen molar-refractivity contribution in [3.63, 3.8) is 0 Å². The Bertz CT molecular complexity index is 1370. The van der Waals surface area contributed by atoms with Crippen LogP contribution in [0.2, 0.25) is 0 Å². The summed E-state index contributed by atoms with van der Waals surface area (Å²) in [6.45, 7) is 0. The maximum atomic E-state index is 14.3. The smallest absolute Gasteiger partial charge is 0.269 e. The average Bonchev–Trinajstić information content (AvgIpc) is 3.06. The Hall–Kier alpha value is -4.52. The number of non-ortho nitro benzene ring substituents is 1. The maximum absolute atomic E-state index is 14.3. The number of halogens is 1. The number of amides is 1. The number of hydrogen-bond acceptors (Lipinski definition) is 7. The van der Waals surface area contributed by atoms with Gasteiger partial charge in [-0.2, -0.15) is 5.26 Å². The molecule has 3 N–H and O–H groups in total. The molecule has 9 nitrogen and oxygen atoms in total. The number of ketones is 1. The van der Waals surface area contributed by atoms with E-state index in [1.165, 1.54) is 41.3 Å². The lowest BCUT2D eigenvalue weighted by atomic mass is 9.64. The highest BCUT2D eigenvalue weighted by Gasteiger charge is 2.60. The molecule has 0 saturated heterocycles. The fourth-order valence-corrected chi connectivity index (χ4v) is 4.98. The predicted molar refractivity (Wildman–Crippen MR) is 115 cm³/mol. The minimum atomic E-state index is -1.86. The van der Waals surface area contributed by atoms with E-state index >= 15 is 0 Å². The zero-order valence-corrected chi connectivity index (χ0v) is 17.1. The van der Waals surface area contributed by atoms with Gasteiger partial charge in [0, 0.05) is 46.8 Å². The quantitative estimate of drug-likeness (QED) is 0.534. The molecule has 3 aliphatic rings. The van der Waals surface area contributed by atoms with Crippen LogP contribution in [0.1, 0.15) is 24.8 Å². The van der Waals surface area contributed by atoms with Gasteiger partial charge in [0.25, 0.3) is 5.69 Å². The van der Waals surface area contributed by atoms with Crippen molar-refractivity contribution in [1.29, 1.82) is 5.26 Å². The van der Waals surface area contributed by atoms with Crippen molar-refractivity contribution in [3.05, 3.63) is 86.6 Å². The normalized spacial score (nSPS) is 21.6. The number of nitrogens with one attached hydrogen (secondary N) is 1. The van der Waals surface area contributed by atoms with E-state index in [4.69, 9.17) is 5.73 Å². The van der Waals surface area contributed by atoms with Crippen LogP contribution in [0.15, 0.2) is 65.1 Å². The van der Waals surface area contributed by atoms with Gasteiger partial charge in [0.1, 0.15) is 23.1 Å². The van der Waals surface area contributed by atoms with Crippen LogP contribution in [0.4, 0.5) is 21.5 Å². The lowest BCUT2D eigenvalue weighted by Crippen LogP contribution is -2.50. The van der Waals surface area contributed by atoms with Gasteiger partial charge in [-0.15, -0.1) is 0 Å². The Labute approximate surface area is 186 Å². The van der Waals surface area contributed by atoms with Crippen molar-refractivity contribution in [2.75, 3.05) is 10.2 Å². The number of nitriles is 1. The molecule has 0 bridgehead atoms. The van der Waals surface area contributed by atoms with E-state index in [-0.39, 0.29) is 40.4 Å². The lowest BCUT2D eigenvalue weighted by molar-refractivity contribution is -0.384. The van der Waals surface area contributed by atoms with Gasteiger partial charge in [0.15, 0.2) is 5.78 Å². The molecule has 0 saturated carbocycles. The SMILES string of the molecule is N#CC1=C(N)N(c2ccc([N+](=O)[O-])cc2)C2=C(C(=O)CCC2)C12C(=O)Nc1ccc(F)cc12. The molecule has 2 aliphatic heterocycles. The summed E-state index contributed by atoms with van der Waals surface area (Å²) in [5.41, 5.74) is 5.64. The number of nitrogens with zero attached hydrogens (tertiary/aromatic N) is 3. The molecule has 0 aromatic heterocycles. The minimum absolute atomic E-state index is 0.0831. The van der Waals surface area contributed by atoms with E-state index in [0.717, 1.165) is 6.07 Å². The van der Waals surface area contributed by atoms with Gasteiger partial charge in [0.05, 0.1) is 10.5 Å². The molecular formula is C23H16FN5O4. The van der Waals surface area contributed by atoms with Crippen LogP contribution in [0.5, 0.6) is 0 Å². The van der Waals surface area contributed by atoms with Crippen molar-refractivity contribution in [2.24, 2.45) is 5.73 Å². The number of fused-ring (bicyclic) bond motifs is 3. The van der Waals surface area contributed by atoms with Gasteiger partial charge in [-0.1, -0.05) is 0 Å². The number of carbonyl (C=O) groups excluding carboxylic acids is 2. The van der Waals surface area contributed by atoms with Crippen LogP contribution < -0.4 is 16.0 Å². The zero-order valence-electron chi connectivity index (χ0n) is 17.1. The van der Waals surface area contributed by atoms with Gasteiger partial charge < -0.3 is 11.1 Å². The summed E-state index contributed by atoms with van der Waals surface area (Å²) in [5.74, 6) is -1.69. The van der Waals surface area contributed by atoms with E-state index in [2.05, 4.69) is 5.32 Å². The number of allylic oxidation sites excluding steroid dienone is 1. The predicted octanol–water partition coefficient (Wildman–Crippen LogP) is 3.14. The first kappa shape index (κ1) is 20.4. The average molecular weight is 445 g/mol. The second kappa shape index (κ2) is 7.00. The highest BCUT2D eigenvalue weighted by atomic mass is 19.1. The van der Waals surface area contributed by atoms with Crippen LogP contribution in [0.3, 0.4) is 0 Å². The number of anilines is 2. The first-order valence-electron chi connectivity index (χ1n) is 10.1. The number of benzene rings is 2. The summed E-state index contributed by atoms with van der Waals surface area (Å²) in [6.07, 6.45) is 1.02. The molecule has 5 rings (SSSR count). The van der Waals surface area contributed by atoms with E-state index in [0.29, 0.717) is 29.9 Å². The summed E-state index contributed by atoms with van der Waals surface area (Å²) < 4.78 is 14.3. The molecule has 0 radical (unpaired) electrons. The number of nitro benzene ring substituents is 1. The van der Waals surface area contributed by atoms with E-state index in [1.54, 1.807) is 0 Å². The topological polar surface area (TPSA) is 142 Å². The Morgan fingerprint density at radius 1 is 1.18 bits per heavy atom. The van der Waals surface area contributed by atoms with Crippen molar-refractivity contribution in [1.82, 2.24) is 0 Å². The van der Waals surface area contributed by atoms with Gasteiger partial charge in [-0.25, -0.2) is 4.39 Å². The third-order valence-electron chi connectivity index (χ3n) is 6.31. The molecule has 1 aliphatic carbocycles.